The zero-order valence-corrected chi connectivity index (χ0v) is 12.6. The van der Waals surface area contributed by atoms with Crippen molar-refractivity contribution in [1.29, 1.82) is 0 Å². The lowest BCUT2D eigenvalue weighted by molar-refractivity contribution is -0.384. The first-order valence-corrected chi connectivity index (χ1v) is 7.17. The first kappa shape index (κ1) is 14.7. The fourth-order valence-electron chi connectivity index (χ4n) is 2.33. The summed E-state index contributed by atoms with van der Waals surface area (Å²) in [5, 5.41) is 14.0. The van der Waals surface area contributed by atoms with Gasteiger partial charge in [-0.25, -0.2) is 0 Å². The van der Waals surface area contributed by atoms with Crippen molar-refractivity contribution in [3.8, 4) is 11.3 Å². The summed E-state index contributed by atoms with van der Waals surface area (Å²) in [4.78, 5) is 14.7. The fourth-order valence-corrected chi connectivity index (χ4v) is 2.33. The summed E-state index contributed by atoms with van der Waals surface area (Å²) in [5.74, 6) is 0. The standard InChI is InChI=1S/C18H15N3O2/c1-13-5-10-16(17-4-2-3-11-19-17)18(12-13)20-14-6-8-15(9-7-14)21(22)23/h2-12,20H,1H3. The average Bonchev–Trinajstić information content (AvgIpc) is 2.56. The molecule has 0 radical (unpaired) electrons. The van der Waals surface area contributed by atoms with Gasteiger partial charge in [-0.3, -0.25) is 15.1 Å². The fraction of sp³-hybridized carbons (Fsp3) is 0.0556. The normalized spacial score (nSPS) is 10.3. The largest absolute Gasteiger partial charge is 0.355 e. The van der Waals surface area contributed by atoms with Gasteiger partial charge in [0.1, 0.15) is 0 Å². The molecule has 0 unspecified atom stereocenters. The summed E-state index contributed by atoms with van der Waals surface area (Å²) in [6.45, 7) is 2.02. The molecule has 0 saturated carbocycles. The Morgan fingerprint density at radius 1 is 1.04 bits per heavy atom. The SMILES string of the molecule is Cc1ccc(-c2ccccn2)c(Nc2ccc([N+](=O)[O-])cc2)c1. The molecule has 5 heteroatoms. The number of aromatic nitrogens is 1. The van der Waals surface area contributed by atoms with Crippen molar-refractivity contribution >= 4 is 17.1 Å². The Bertz CT molecular complexity index is 831. The van der Waals surface area contributed by atoms with Gasteiger partial charge in [-0.1, -0.05) is 18.2 Å². The molecule has 0 aliphatic heterocycles. The maximum absolute atomic E-state index is 10.7. The molecule has 114 valence electrons. The number of nitrogens with one attached hydrogen (secondary N) is 1. The van der Waals surface area contributed by atoms with E-state index in [1.165, 1.54) is 12.1 Å². The highest BCUT2D eigenvalue weighted by Crippen LogP contribution is 2.30. The van der Waals surface area contributed by atoms with Gasteiger partial charge in [-0.05, 0) is 42.8 Å². The minimum absolute atomic E-state index is 0.0738. The molecule has 0 spiro atoms. The number of hydrogen-bond acceptors (Lipinski definition) is 4. The lowest BCUT2D eigenvalue weighted by Crippen LogP contribution is -1.96. The minimum Gasteiger partial charge on any atom is -0.355 e. The maximum Gasteiger partial charge on any atom is 0.269 e. The van der Waals surface area contributed by atoms with E-state index in [1.54, 1.807) is 18.3 Å². The maximum atomic E-state index is 10.7. The molecule has 0 atom stereocenters. The van der Waals surface area contributed by atoms with E-state index in [2.05, 4.69) is 10.3 Å². The summed E-state index contributed by atoms with van der Waals surface area (Å²) in [7, 11) is 0. The van der Waals surface area contributed by atoms with Gasteiger partial charge in [0.05, 0.1) is 10.6 Å². The van der Waals surface area contributed by atoms with Crippen LogP contribution in [0.3, 0.4) is 0 Å². The van der Waals surface area contributed by atoms with Gasteiger partial charge in [0, 0.05) is 35.3 Å². The predicted molar refractivity (Wildman–Crippen MR) is 90.8 cm³/mol. The van der Waals surface area contributed by atoms with Gasteiger partial charge in [-0.15, -0.1) is 0 Å². The van der Waals surface area contributed by atoms with Gasteiger partial charge in [-0.2, -0.15) is 0 Å². The van der Waals surface area contributed by atoms with E-state index in [0.29, 0.717) is 0 Å². The van der Waals surface area contributed by atoms with Crippen LogP contribution in [-0.2, 0) is 0 Å². The first-order valence-electron chi connectivity index (χ1n) is 7.17. The number of pyridine rings is 1. The van der Waals surface area contributed by atoms with E-state index in [9.17, 15) is 10.1 Å². The van der Waals surface area contributed by atoms with Crippen LogP contribution in [0.15, 0.2) is 66.9 Å². The van der Waals surface area contributed by atoms with E-state index >= 15 is 0 Å². The molecule has 1 heterocycles. The van der Waals surface area contributed by atoms with Gasteiger partial charge in [0.25, 0.3) is 5.69 Å². The van der Waals surface area contributed by atoms with Crippen molar-refractivity contribution < 1.29 is 4.92 Å². The first-order chi connectivity index (χ1) is 11.1. The zero-order chi connectivity index (χ0) is 16.2. The van der Waals surface area contributed by atoms with Crippen molar-refractivity contribution in [2.24, 2.45) is 0 Å². The van der Waals surface area contributed by atoms with Crippen molar-refractivity contribution in [3.05, 3.63) is 82.5 Å². The number of nitro groups is 1. The average molecular weight is 305 g/mol. The van der Waals surface area contributed by atoms with Crippen molar-refractivity contribution in [1.82, 2.24) is 4.98 Å². The quantitative estimate of drug-likeness (QED) is 0.560. The smallest absolute Gasteiger partial charge is 0.269 e. The third-order valence-electron chi connectivity index (χ3n) is 3.47. The second kappa shape index (κ2) is 6.27. The number of hydrogen-bond donors (Lipinski definition) is 1. The molecule has 0 fully saturated rings. The highest BCUT2D eigenvalue weighted by Gasteiger charge is 2.08. The second-order valence-electron chi connectivity index (χ2n) is 5.19. The lowest BCUT2D eigenvalue weighted by Gasteiger charge is -2.13. The van der Waals surface area contributed by atoms with Crippen LogP contribution < -0.4 is 5.32 Å². The van der Waals surface area contributed by atoms with E-state index in [4.69, 9.17) is 0 Å². The van der Waals surface area contributed by atoms with Gasteiger partial charge in [0.2, 0.25) is 0 Å². The van der Waals surface area contributed by atoms with Crippen LogP contribution in [0.4, 0.5) is 17.1 Å². The summed E-state index contributed by atoms with van der Waals surface area (Å²) in [5.41, 5.74) is 4.75. The Hall–Kier alpha value is -3.21. The number of nitrogens with zero attached hydrogens (tertiary/aromatic N) is 2. The van der Waals surface area contributed by atoms with Crippen LogP contribution >= 0.6 is 0 Å². The van der Waals surface area contributed by atoms with Gasteiger partial charge < -0.3 is 5.32 Å². The number of nitro benzene ring substituents is 1. The molecular formula is C18H15N3O2. The third-order valence-corrected chi connectivity index (χ3v) is 3.47. The summed E-state index contributed by atoms with van der Waals surface area (Å²) >= 11 is 0. The second-order valence-corrected chi connectivity index (χ2v) is 5.19. The topological polar surface area (TPSA) is 68.1 Å². The number of non-ortho nitro benzene ring substituents is 1. The molecule has 0 amide bonds. The third kappa shape index (κ3) is 3.35. The van der Waals surface area contributed by atoms with Gasteiger partial charge >= 0.3 is 0 Å². The van der Waals surface area contributed by atoms with E-state index < -0.39 is 4.92 Å². The Labute approximate surface area is 133 Å². The molecule has 0 aliphatic rings. The van der Waals surface area contributed by atoms with Crippen LogP contribution in [-0.4, -0.2) is 9.91 Å². The van der Waals surface area contributed by atoms with E-state index in [-0.39, 0.29) is 5.69 Å². The molecule has 2 aromatic carbocycles. The summed E-state index contributed by atoms with van der Waals surface area (Å²) in [6.07, 6.45) is 1.75. The zero-order valence-electron chi connectivity index (χ0n) is 12.6. The van der Waals surface area contributed by atoms with E-state index in [0.717, 1.165) is 28.2 Å². The monoisotopic (exact) mass is 305 g/mol. The van der Waals surface area contributed by atoms with E-state index in [1.807, 2.05) is 43.3 Å². The van der Waals surface area contributed by atoms with Crippen LogP contribution in [0.2, 0.25) is 0 Å². The summed E-state index contributed by atoms with van der Waals surface area (Å²) < 4.78 is 0. The number of aryl methyl sites for hydroxylation is 1. The molecule has 23 heavy (non-hydrogen) atoms. The minimum atomic E-state index is -0.407. The molecule has 3 aromatic rings. The molecule has 1 N–H and O–H groups in total. The molecule has 0 bridgehead atoms. The van der Waals surface area contributed by atoms with Crippen molar-refractivity contribution in [2.75, 3.05) is 5.32 Å². The molecule has 5 nitrogen and oxygen atoms in total. The van der Waals surface area contributed by atoms with Crippen molar-refractivity contribution in [2.45, 2.75) is 6.92 Å². The predicted octanol–water partition coefficient (Wildman–Crippen LogP) is 4.71. The van der Waals surface area contributed by atoms with Crippen LogP contribution in [0.1, 0.15) is 5.56 Å². The molecule has 0 aliphatic carbocycles. The Balaban J connectivity index is 1.96. The molecular weight excluding hydrogens is 290 g/mol. The molecule has 3 rings (SSSR count). The Morgan fingerprint density at radius 3 is 2.48 bits per heavy atom. The molecule has 0 saturated heterocycles. The highest BCUT2D eigenvalue weighted by molar-refractivity contribution is 5.79. The highest BCUT2D eigenvalue weighted by atomic mass is 16.6. The number of benzene rings is 2. The van der Waals surface area contributed by atoms with Gasteiger partial charge in [0.15, 0.2) is 0 Å². The summed E-state index contributed by atoms with van der Waals surface area (Å²) in [6, 6.07) is 18.2. The van der Waals surface area contributed by atoms with Crippen LogP contribution in [0, 0.1) is 17.0 Å². The van der Waals surface area contributed by atoms with Crippen LogP contribution in [0.25, 0.3) is 11.3 Å². The van der Waals surface area contributed by atoms with Crippen molar-refractivity contribution in [3.63, 3.8) is 0 Å². The number of rotatable bonds is 4. The Kier molecular flexibility index (Phi) is 4.01. The number of anilines is 2. The van der Waals surface area contributed by atoms with Crippen LogP contribution in [0.5, 0.6) is 0 Å². The molecule has 1 aromatic heterocycles. The lowest BCUT2D eigenvalue weighted by atomic mass is 10.1. The Morgan fingerprint density at radius 2 is 1.83 bits per heavy atom.